The summed E-state index contributed by atoms with van der Waals surface area (Å²) in [6.45, 7) is 0. The molecule has 0 aromatic heterocycles. The highest BCUT2D eigenvalue weighted by Gasteiger charge is 2.44. The van der Waals surface area contributed by atoms with E-state index in [-0.39, 0.29) is 0 Å². The van der Waals surface area contributed by atoms with E-state index in [9.17, 15) is 22.8 Å². The second-order valence-electron chi connectivity index (χ2n) is 2.47. The number of carbonyl (C=O) groups is 3. The van der Waals surface area contributed by atoms with E-state index in [4.69, 9.17) is 0 Å². The van der Waals surface area contributed by atoms with E-state index in [0.717, 1.165) is 7.11 Å². The van der Waals surface area contributed by atoms with Crippen LogP contribution in [0.2, 0.25) is 0 Å². The highest BCUT2D eigenvalue weighted by Crippen LogP contribution is 2.08. The molecule has 0 aromatic carbocycles. The van der Waals surface area contributed by atoms with Gasteiger partial charge in [-0.05, 0) is 0 Å². The molecule has 0 aliphatic carbocycles. The van der Waals surface area contributed by atoms with Crippen molar-refractivity contribution >= 4 is 35.3 Å². The molecule has 1 aliphatic heterocycles. The molecule has 88 valence electrons. The minimum absolute atomic E-state index is 0.911. The average Bonchev–Trinajstić information content (AvgIpc) is 2.12. The smallest absolute Gasteiger partial charge is 0.472 e. The molecule has 0 N–H and O–H groups in total. The number of esters is 1. The van der Waals surface area contributed by atoms with Gasteiger partial charge in [-0.25, -0.2) is 13.7 Å². The number of rotatable bonds is 1. The van der Waals surface area contributed by atoms with Crippen molar-refractivity contribution in [2.45, 2.75) is 0 Å². The van der Waals surface area contributed by atoms with Crippen LogP contribution in [0.25, 0.3) is 0 Å². The molecule has 11 heteroatoms. The Bertz CT molecular complexity index is 425. The molecule has 16 heavy (non-hydrogen) atoms. The lowest BCUT2D eigenvalue weighted by Crippen LogP contribution is -2.43. The normalized spacial score (nSPS) is 18.6. The molecule has 1 rings (SSSR count). The third-order valence-corrected chi connectivity index (χ3v) is 2.34. The Morgan fingerprint density at radius 2 is 2.00 bits per heavy atom. The van der Waals surface area contributed by atoms with E-state index in [0.29, 0.717) is 0 Å². The summed E-state index contributed by atoms with van der Waals surface area (Å²) in [5, 5.41) is 0. The van der Waals surface area contributed by atoms with Crippen molar-refractivity contribution in [3.8, 4) is 0 Å². The molecule has 0 spiro atoms. The number of methoxy groups -OCH3 is 1. The van der Waals surface area contributed by atoms with Crippen molar-refractivity contribution in [3.63, 3.8) is 0 Å². The van der Waals surface area contributed by atoms with Crippen molar-refractivity contribution in [3.05, 3.63) is 0 Å². The van der Waals surface area contributed by atoms with E-state index in [1.54, 1.807) is 0 Å². The number of hydrogen-bond acceptors (Lipinski definition) is 9. The van der Waals surface area contributed by atoms with Crippen molar-refractivity contribution in [2.75, 3.05) is 12.9 Å². The van der Waals surface area contributed by atoms with Crippen LogP contribution in [0.3, 0.4) is 0 Å². The third kappa shape index (κ3) is 3.20. The summed E-state index contributed by atoms with van der Waals surface area (Å²) in [6.07, 6.45) is 0. The van der Waals surface area contributed by atoms with Gasteiger partial charge >= 0.3 is 25.2 Å². The summed E-state index contributed by atoms with van der Waals surface area (Å²) in [7, 11) is -5.35. The zero-order valence-corrected chi connectivity index (χ0v) is 8.68. The van der Waals surface area contributed by atoms with Crippen molar-refractivity contribution in [1.82, 2.24) is 0 Å². The molecule has 0 atom stereocenters. The van der Waals surface area contributed by atoms with Gasteiger partial charge in [0.05, 0.1) is 7.11 Å². The molecule has 0 amide bonds. The van der Waals surface area contributed by atoms with E-state index >= 15 is 0 Å². The predicted molar refractivity (Wildman–Crippen MR) is 44.8 cm³/mol. The van der Waals surface area contributed by atoms with Crippen LogP contribution in [-0.4, -0.2) is 46.5 Å². The Hall–Kier alpha value is -1.62. The van der Waals surface area contributed by atoms with Crippen LogP contribution in [0, 0.1) is 0 Å². The zero-order valence-electron chi connectivity index (χ0n) is 7.87. The maximum Gasteiger partial charge on any atom is 0.807 e. The monoisotopic (exact) mass is 252 g/mol. The summed E-state index contributed by atoms with van der Waals surface area (Å²) in [4.78, 5) is 32.1. The topological polar surface area (TPSA) is 122 Å². The highest BCUT2D eigenvalue weighted by atomic mass is 32.2. The molecule has 0 saturated carbocycles. The van der Waals surface area contributed by atoms with Crippen LogP contribution in [-0.2, 0) is 42.6 Å². The van der Waals surface area contributed by atoms with Crippen LogP contribution in [0.15, 0.2) is 0 Å². The van der Waals surface area contributed by atoms with Gasteiger partial charge in [-0.2, -0.15) is 8.42 Å². The fourth-order valence-electron chi connectivity index (χ4n) is 0.722. The maximum atomic E-state index is 10.9. The molecule has 0 bridgehead atoms. The summed E-state index contributed by atoms with van der Waals surface area (Å²) < 4.78 is 38.1. The Kier molecular flexibility index (Phi) is 3.49. The first-order chi connectivity index (χ1) is 7.34. The van der Waals surface area contributed by atoms with Crippen molar-refractivity contribution in [1.29, 1.82) is 0 Å². The molecule has 1 heterocycles. The summed E-state index contributed by atoms with van der Waals surface area (Å²) in [6, 6.07) is 0. The Labute approximate surface area is 89.9 Å². The van der Waals surface area contributed by atoms with Gasteiger partial charge in [-0.15, -0.1) is 0 Å². The maximum absolute atomic E-state index is 10.9. The lowest BCUT2D eigenvalue weighted by Gasteiger charge is -2.16. The number of carbonyl (C=O) groups excluding carboxylic acids is 3. The van der Waals surface area contributed by atoms with Gasteiger partial charge < -0.3 is 14.0 Å². The molecular weight excluding hydrogens is 247 g/mol. The second kappa shape index (κ2) is 4.49. The van der Waals surface area contributed by atoms with E-state index in [1.807, 2.05) is 0 Å². The fourth-order valence-corrected chi connectivity index (χ4v) is 1.46. The van der Waals surface area contributed by atoms with Crippen LogP contribution < -0.4 is 0 Å². The van der Waals surface area contributed by atoms with Crippen molar-refractivity contribution in [2.24, 2.45) is 0 Å². The quantitative estimate of drug-likeness (QED) is 0.285. The molecule has 0 unspecified atom stereocenters. The van der Waals surface area contributed by atoms with Crippen LogP contribution in [0.1, 0.15) is 0 Å². The fraction of sp³-hybridized carbons (Fsp3) is 0.400. The highest BCUT2D eigenvalue weighted by molar-refractivity contribution is 7.88. The summed E-state index contributed by atoms with van der Waals surface area (Å²) in [5.74, 6) is -5.08. The lowest BCUT2D eigenvalue weighted by molar-refractivity contribution is -0.162. The first-order valence-corrected chi connectivity index (χ1v) is 5.31. The SMILES string of the molecule is COC(=O)C(=O)OB1OC(=O)CS(=O)(=O)O1. The minimum atomic E-state index is -4.16. The summed E-state index contributed by atoms with van der Waals surface area (Å²) in [5.41, 5.74) is 0. The first kappa shape index (κ1) is 12.5. The van der Waals surface area contributed by atoms with Gasteiger partial charge in [0.15, 0.2) is 5.75 Å². The molecule has 9 nitrogen and oxygen atoms in total. The van der Waals surface area contributed by atoms with E-state index in [2.05, 4.69) is 18.1 Å². The van der Waals surface area contributed by atoms with Crippen LogP contribution in [0.5, 0.6) is 0 Å². The van der Waals surface area contributed by atoms with Gasteiger partial charge in [0, 0.05) is 0 Å². The van der Waals surface area contributed by atoms with Gasteiger partial charge in [0.25, 0.3) is 10.1 Å². The number of hydrogen-bond donors (Lipinski definition) is 0. The number of ether oxygens (including phenoxy) is 1. The second-order valence-corrected chi connectivity index (χ2v) is 4.07. The molecule has 1 saturated heterocycles. The summed E-state index contributed by atoms with van der Waals surface area (Å²) >= 11 is 0. The first-order valence-electron chi connectivity index (χ1n) is 3.73. The standard InChI is InChI=1S/C5H5BO9S/c1-12-4(8)5(9)14-6-13-3(7)2-16(10,11)15-6/h2H2,1H3. The van der Waals surface area contributed by atoms with Gasteiger partial charge in [0.1, 0.15) is 0 Å². The lowest BCUT2D eigenvalue weighted by atomic mass is 10.2. The molecule has 1 fully saturated rings. The zero-order chi connectivity index (χ0) is 12.3. The van der Waals surface area contributed by atoms with Gasteiger partial charge in [-0.1, -0.05) is 0 Å². The van der Waals surface area contributed by atoms with Gasteiger partial charge in [-0.3, -0.25) is 4.79 Å². The van der Waals surface area contributed by atoms with E-state index in [1.165, 1.54) is 0 Å². The van der Waals surface area contributed by atoms with Gasteiger partial charge in [0.2, 0.25) is 0 Å². The molecule has 1 aliphatic rings. The predicted octanol–water partition coefficient (Wildman–Crippen LogP) is -2.41. The largest absolute Gasteiger partial charge is 0.807 e. The van der Waals surface area contributed by atoms with Crippen LogP contribution >= 0.6 is 0 Å². The Balaban J connectivity index is 2.65. The average molecular weight is 252 g/mol. The Morgan fingerprint density at radius 1 is 1.38 bits per heavy atom. The molecule has 0 radical (unpaired) electrons. The van der Waals surface area contributed by atoms with Crippen LogP contribution in [0.4, 0.5) is 0 Å². The van der Waals surface area contributed by atoms with Crippen molar-refractivity contribution < 1.29 is 40.9 Å². The Morgan fingerprint density at radius 3 is 2.50 bits per heavy atom. The minimum Gasteiger partial charge on any atom is -0.472 e. The third-order valence-electron chi connectivity index (χ3n) is 1.30. The van der Waals surface area contributed by atoms with E-state index < -0.39 is 41.1 Å². The molecular formula is C5H5BO9S. The molecule has 0 aromatic rings.